The van der Waals surface area contributed by atoms with E-state index < -0.39 is 0 Å². The van der Waals surface area contributed by atoms with Crippen molar-refractivity contribution in [3.8, 4) is 0 Å². The average molecular weight is 252 g/mol. The van der Waals surface area contributed by atoms with E-state index >= 15 is 0 Å². The van der Waals surface area contributed by atoms with Crippen LogP contribution in [0, 0.1) is 0 Å². The van der Waals surface area contributed by atoms with Crippen LogP contribution < -0.4 is 10.6 Å². The summed E-state index contributed by atoms with van der Waals surface area (Å²) in [5.41, 5.74) is 6.62. The summed E-state index contributed by atoms with van der Waals surface area (Å²) in [7, 11) is 0. The summed E-state index contributed by atoms with van der Waals surface area (Å²) in [6.45, 7) is 7.24. The zero-order valence-corrected chi connectivity index (χ0v) is 11.3. The van der Waals surface area contributed by atoms with Gasteiger partial charge in [0.25, 0.3) is 0 Å². The van der Waals surface area contributed by atoms with Gasteiger partial charge >= 0.3 is 0 Å². The van der Waals surface area contributed by atoms with Crippen molar-refractivity contribution in [2.24, 2.45) is 5.73 Å². The Hall–Kier alpha value is -0.810. The Kier molecular flexibility index (Phi) is 4.23. The number of hydrogen-bond donors (Lipinski definition) is 1. The summed E-state index contributed by atoms with van der Waals surface area (Å²) in [4.78, 5) is 11.2. The van der Waals surface area contributed by atoms with E-state index in [1.165, 1.54) is 0 Å². The number of hydrogen-bond acceptors (Lipinski definition) is 5. The number of anilines is 1. The summed E-state index contributed by atoms with van der Waals surface area (Å²) in [5.74, 6) is 0.852. The second-order valence-corrected chi connectivity index (χ2v) is 6.47. The molecule has 0 saturated carbocycles. The normalized spacial score (nSPS) is 25.0. The minimum absolute atomic E-state index is 0.645. The highest BCUT2D eigenvalue weighted by atomic mass is 32.2. The van der Waals surface area contributed by atoms with E-state index in [4.69, 9.17) is 5.73 Å². The molecule has 2 unspecified atom stereocenters. The fraction of sp³-hybridized carbons (Fsp3) is 0.667. The summed E-state index contributed by atoms with van der Waals surface area (Å²) in [6.07, 6.45) is 4.64. The van der Waals surface area contributed by atoms with E-state index in [2.05, 4.69) is 28.7 Å². The maximum Gasteiger partial charge on any atom is 0.225 e. The number of aromatic nitrogens is 2. The van der Waals surface area contributed by atoms with Crippen molar-refractivity contribution in [2.45, 2.75) is 30.8 Å². The van der Waals surface area contributed by atoms with Crippen LogP contribution in [-0.2, 0) is 6.42 Å². The van der Waals surface area contributed by atoms with Crippen molar-refractivity contribution >= 4 is 17.7 Å². The Morgan fingerprint density at radius 3 is 2.41 bits per heavy atom. The maximum absolute atomic E-state index is 5.51. The van der Waals surface area contributed by atoms with Gasteiger partial charge in [0, 0.05) is 36.0 Å². The summed E-state index contributed by atoms with van der Waals surface area (Å²) < 4.78 is 0. The topological polar surface area (TPSA) is 55.0 Å². The number of thioether (sulfide) groups is 1. The third kappa shape index (κ3) is 3.33. The van der Waals surface area contributed by atoms with Gasteiger partial charge in [0.2, 0.25) is 5.95 Å². The predicted octanol–water partition coefficient (Wildman–Crippen LogP) is 1.31. The molecule has 1 aromatic heterocycles. The van der Waals surface area contributed by atoms with Crippen LogP contribution in [0.3, 0.4) is 0 Å². The minimum atomic E-state index is 0.645. The fourth-order valence-corrected chi connectivity index (χ4v) is 3.47. The Balaban J connectivity index is 2.06. The average Bonchev–Trinajstić information content (AvgIpc) is 2.29. The number of nitrogens with two attached hydrogens (primary N) is 1. The van der Waals surface area contributed by atoms with Gasteiger partial charge in [-0.3, -0.25) is 0 Å². The van der Waals surface area contributed by atoms with Gasteiger partial charge in [-0.25, -0.2) is 9.97 Å². The lowest BCUT2D eigenvalue weighted by Crippen LogP contribution is -2.41. The first kappa shape index (κ1) is 12.6. The standard InChI is InChI=1S/C12H20N4S/c1-9-7-16(8-10(2)17-9)12-14-5-11(3-4-13)6-15-12/h5-6,9-10H,3-4,7-8,13H2,1-2H3. The van der Waals surface area contributed by atoms with Crippen LogP contribution in [0.1, 0.15) is 19.4 Å². The van der Waals surface area contributed by atoms with Crippen molar-refractivity contribution in [1.82, 2.24) is 9.97 Å². The van der Waals surface area contributed by atoms with E-state index in [0.29, 0.717) is 17.0 Å². The largest absolute Gasteiger partial charge is 0.339 e. The summed E-state index contributed by atoms with van der Waals surface area (Å²) >= 11 is 2.04. The number of rotatable bonds is 3. The molecule has 94 valence electrons. The van der Waals surface area contributed by atoms with Crippen LogP contribution in [0.4, 0.5) is 5.95 Å². The van der Waals surface area contributed by atoms with Gasteiger partial charge in [-0.05, 0) is 18.5 Å². The second kappa shape index (κ2) is 5.69. The van der Waals surface area contributed by atoms with Crippen LogP contribution >= 0.6 is 11.8 Å². The Morgan fingerprint density at radius 2 is 1.88 bits per heavy atom. The molecule has 0 bridgehead atoms. The van der Waals surface area contributed by atoms with Gasteiger partial charge < -0.3 is 10.6 Å². The Labute approximate surface area is 107 Å². The first-order valence-electron chi connectivity index (χ1n) is 6.10. The summed E-state index contributed by atoms with van der Waals surface area (Å²) in [6, 6.07) is 0. The lowest BCUT2D eigenvalue weighted by molar-refractivity contribution is 0.705. The molecule has 0 aliphatic carbocycles. The van der Waals surface area contributed by atoms with Crippen molar-refractivity contribution in [3.63, 3.8) is 0 Å². The third-order valence-electron chi connectivity index (χ3n) is 2.83. The van der Waals surface area contributed by atoms with E-state index in [1.807, 2.05) is 24.2 Å². The molecule has 1 aliphatic rings. The first-order chi connectivity index (χ1) is 8.19. The smallest absolute Gasteiger partial charge is 0.225 e. The van der Waals surface area contributed by atoms with Crippen molar-refractivity contribution in [1.29, 1.82) is 0 Å². The molecule has 5 heteroatoms. The molecule has 2 N–H and O–H groups in total. The molecule has 2 heterocycles. The van der Waals surface area contributed by atoms with E-state index in [0.717, 1.165) is 31.0 Å². The molecule has 1 fully saturated rings. The van der Waals surface area contributed by atoms with Gasteiger partial charge in [0.15, 0.2) is 0 Å². The van der Waals surface area contributed by atoms with Crippen molar-refractivity contribution in [3.05, 3.63) is 18.0 Å². The second-order valence-electron chi connectivity index (χ2n) is 4.59. The van der Waals surface area contributed by atoms with Gasteiger partial charge in [0.05, 0.1) is 0 Å². The minimum Gasteiger partial charge on any atom is -0.339 e. The predicted molar refractivity (Wildman–Crippen MR) is 73.5 cm³/mol. The van der Waals surface area contributed by atoms with Gasteiger partial charge in [-0.15, -0.1) is 0 Å². The van der Waals surface area contributed by atoms with Crippen LogP contribution in [0.15, 0.2) is 12.4 Å². The molecule has 2 rings (SSSR count). The van der Waals surface area contributed by atoms with Crippen molar-refractivity contribution in [2.75, 3.05) is 24.5 Å². The van der Waals surface area contributed by atoms with Crippen LogP contribution in [0.25, 0.3) is 0 Å². The molecule has 2 atom stereocenters. The molecular formula is C12H20N4S. The van der Waals surface area contributed by atoms with Crippen LogP contribution in [0.2, 0.25) is 0 Å². The molecule has 1 aromatic rings. The highest BCUT2D eigenvalue weighted by Gasteiger charge is 2.23. The van der Waals surface area contributed by atoms with E-state index in [-0.39, 0.29) is 0 Å². The molecule has 1 saturated heterocycles. The lowest BCUT2D eigenvalue weighted by atomic mass is 10.2. The van der Waals surface area contributed by atoms with Gasteiger partial charge in [0.1, 0.15) is 0 Å². The highest BCUT2D eigenvalue weighted by Crippen LogP contribution is 2.26. The Bertz CT molecular complexity index is 344. The highest BCUT2D eigenvalue weighted by molar-refractivity contribution is 8.00. The maximum atomic E-state index is 5.51. The van der Waals surface area contributed by atoms with E-state index in [9.17, 15) is 0 Å². The molecule has 4 nitrogen and oxygen atoms in total. The zero-order valence-electron chi connectivity index (χ0n) is 10.5. The number of nitrogens with zero attached hydrogens (tertiary/aromatic N) is 3. The first-order valence-corrected chi connectivity index (χ1v) is 7.04. The molecule has 17 heavy (non-hydrogen) atoms. The van der Waals surface area contributed by atoms with Gasteiger partial charge in [-0.1, -0.05) is 13.8 Å². The third-order valence-corrected chi connectivity index (χ3v) is 4.05. The van der Waals surface area contributed by atoms with Gasteiger partial charge in [-0.2, -0.15) is 11.8 Å². The molecule has 0 amide bonds. The molecule has 0 aromatic carbocycles. The molecular weight excluding hydrogens is 232 g/mol. The lowest BCUT2D eigenvalue weighted by Gasteiger charge is -2.34. The molecule has 0 radical (unpaired) electrons. The van der Waals surface area contributed by atoms with Crippen LogP contribution in [0.5, 0.6) is 0 Å². The van der Waals surface area contributed by atoms with Crippen molar-refractivity contribution < 1.29 is 0 Å². The SMILES string of the molecule is CC1CN(c2ncc(CCN)cn2)CC(C)S1. The quantitative estimate of drug-likeness (QED) is 0.879. The van der Waals surface area contributed by atoms with Crippen LogP contribution in [-0.4, -0.2) is 40.1 Å². The Morgan fingerprint density at radius 1 is 1.29 bits per heavy atom. The van der Waals surface area contributed by atoms with E-state index in [1.54, 1.807) is 0 Å². The molecule has 0 spiro atoms. The molecule has 1 aliphatic heterocycles. The fourth-order valence-electron chi connectivity index (χ4n) is 2.15. The summed E-state index contributed by atoms with van der Waals surface area (Å²) in [5, 5.41) is 1.29. The zero-order chi connectivity index (χ0) is 12.3. The monoisotopic (exact) mass is 252 g/mol.